The summed E-state index contributed by atoms with van der Waals surface area (Å²) in [4.78, 5) is 0. The molecule has 0 aliphatic heterocycles. The normalized spacial score (nSPS) is 11.7. The summed E-state index contributed by atoms with van der Waals surface area (Å²) in [5.41, 5.74) is 2.08. The summed E-state index contributed by atoms with van der Waals surface area (Å²) in [5.74, 6) is 2.19. The van der Waals surface area contributed by atoms with Gasteiger partial charge >= 0.3 is 0 Å². The highest BCUT2D eigenvalue weighted by atomic mass is 32.1. The van der Waals surface area contributed by atoms with Crippen molar-refractivity contribution in [1.29, 1.82) is 0 Å². The molecule has 0 saturated heterocycles. The molecule has 0 amide bonds. The largest absolute Gasteiger partial charge is 0.497 e. The Balaban J connectivity index is 2.08. The molecular weight excluding hydrogens is 332 g/mol. The molecule has 0 spiro atoms. The summed E-state index contributed by atoms with van der Waals surface area (Å²) < 4.78 is 10.5. The maximum Gasteiger partial charge on any atom is 0.171 e. The molecule has 2 rings (SSSR count). The van der Waals surface area contributed by atoms with E-state index in [9.17, 15) is 0 Å². The molecule has 2 N–H and O–H groups in total. The van der Waals surface area contributed by atoms with Crippen LogP contribution in [0.25, 0.3) is 0 Å². The number of nitrogens with one attached hydrogen (secondary N) is 2. The molecule has 0 aliphatic carbocycles. The molecule has 0 aliphatic rings. The quantitative estimate of drug-likeness (QED) is 0.698. The van der Waals surface area contributed by atoms with Gasteiger partial charge in [0.15, 0.2) is 5.11 Å². The van der Waals surface area contributed by atoms with Gasteiger partial charge in [0.1, 0.15) is 11.5 Å². The zero-order valence-electron chi connectivity index (χ0n) is 15.2. The monoisotopic (exact) mass is 358 g/mol. The molecule has 5 heteroatoms. The summed E-state index contributed by atoms with van der Waals surface area (Å²) in [6.45, 7) is 4.41. The molecule has 0 fully saturated rings. The van der Waals surface area contributed by atoms with Crippen molar-refractivity contribution < 1.29 is 9.47 Å². The van der Waals surface area contributed by atoms with E-state index in [0.717, 1.165) is 23.6 Å². The fourth-order valence-electron chi connectivity index (χ4n) is 2.61. The Morgan fingerprint density at radius 3 is 2.28 bits per heavy atom. The summed E-state index contributed by atoms with van der Waals surface area (Å²) in [6, 6.07) is 15.9. The molecule has 2 aromatic rings. The predicted octanol–water partition coefficient (Wildman–Crippen LogP) is 4.78. The third kappa shape index (κ3) is 5.94. The molecule has 0 saturated carbocycles. The van der Waals surface area contributed by atoms with Gasteiger partial charge in [-0.2, -0.15) is 0 Å². The van der Waals surface area contributed by atoms with E-state index >= 15 is 0 Å². The number of rotatable bonds is 7. The minimum absolute atomic E-state index is 0.136. The van der Waals surface area contributed by atoms with Crippen LogP contribution < -0.4 is 20.1 Å². The van der Waals surface area contributed by atoms with Crippen LogP contribution >= 0.6 is 12.2 Å². The Morgan fingerprint density at radius 2 is 1.68 bits per heavy atom. The van der Waals surface area contributed by atoms with Gasteiger partial charge in [0.2, 0.25) is 0 Å². The molecule has 0 heterocycles. The summed E-state index contributed by atoms with van der Waals surface area (Å²) in [5, 5.41) is 7.25. The van der Waals surface area contributed by atoms with Gasteiger partial charge in [-0.05, 0) is 54.4 Å². The van der Waals surface area contributed by atoms with Crippen molar-refractivity contribution in [2.45, 2.75) is 26.3 Å². The predicted molar refractivity (Wildman–Crippen MR) is 108 cm³/mol. The minimum atomic E-state index is 0.136. The molecule has 0 radical (unpaired) electrons. The van der Waals surface area contributed by atoms with Crippen molar-refractivity contribution in [3.8, 4) is 11.5 Å². The highest BCUT2D eigenvalue weighted by Crippen LogP contribution is 2.24. The lowest BCUT2D eigenvalue weighted by atomic mass is 9.97. The maximum absolute atomic E-state index is 5.51. The summed E-state index contributed by atoms with van der Waals surface area (Å²) in [6.07, 6.45) is 0.978. The van der Waals surface area contributed by atoms with E-state index in [4.69, 9.17) is 21.7 Å². The number of hydrogen-bond donors (Lipinski definition) is 2. The van der Waals surface area contributed by atoms with Crippen LogP contribution in [-0.4, -0.2) is 19.3 Å². The second-order valence-corrected chi connectivity index (χ2v) is 6.69. The van der Waals surface area contributed by atoms with Gasteiger partial charge in [-0.1, -0.05) is 32.0 Å². The van der Waals surface area contributed by atoms with Gasteiger partial charge in [-0.3, -0.25) is 0 Å². The SMILES string of the molecule is COc1ccc(C(CC(C)C)NC(=S)Nc2cccc(OC)c2)cc1. The second kappa shape index (κ2) is 9.28. The first kappa shape index (κ1) is 19.1. The molecule has 0 bridgehead atoms. The highest BCUT2D eigenvalue weighted by Gasteiger charge is 2.15. The Kier molecular flexibility index (Phi) is 7.07. The van der Waals surface area contributed by atoms with E-state index in [1.807, 2.05) is 36.4 Å². The van der Waals surface area contributed by atoms with Crippen LogP contribution in [0.2, 0.25) is 0 Å². The van der Waals surface area contributed by atoms with E-state index < -0.39 is 0 Å². The fraction of sp³-hybridized carbons (Fsp3) is 0.350. The third-order valence-corrected chi connectivity index (χ3v) is 4.08. The van der Waals surface area contributed by atoms with Crippen LogP contribution in [0.4, 0.5) is 5.69 Å². The zero-order valence-corrected chi connectivity index (χ0v) is 16.0. The summed E-state index contributed by atoms with van der Waals surface area (Å²) >= 11 is 5.51. The second-order valence-electron chi connectivity index (χ2n) is 6.29. The zero-order chi connectivity index (χ0) is 18.2. The molecule has 4 nitrogen and oxygen atoms in total. The van der Waals surface area contributed by atoms with Crippen LogP contribution in [0.15, 0.2) is 48.5 Å². The first-order valence-corrected chi connectivity index (χ1v) is 8.78. The molecule has 0 aromatic heterocycles. The van der Waals surface area contributed by atoms with Crippen LogP contribution in [0.3, 0.4) is 0 Å². The Hall–Kier alpha value is -2.27. The van der Waals surface area contributed by atoms with Crippen molar-refractivity contribution in [3.05, 3.63) is 54.1 Å². The van der Waals surface area contributed by atoms with E-state index in [-0.39, 0.29) is 6.04 Å². The van der Waals surface area contributed by atoms with Crippen LogP contribution in [0.1, 0.15) is 31.9 Å². The van der Waals surface area contributed by atoms with Gasteiger partial charge in [0.05, 0.1) is 20.3 Å². The van der Waals surface area contributed by atoms with E-state index in [1.54, 1.807) is 14.2 Å². The Labute approximate surface area is 155 Å². The van der Waals surface area contributed by atoms with Crippen LogP contribution in [0.5, 0.6) is 11.5 Å². The van der Waals surface area contributed by atoms with Gasteiger partial charge < -0.3 is 20.1 Å². The van der Waals surface area contributed by atoms with Crippen molar-refractivity contribution in [2.75, 3.05) is 19.5 Å². The number of ether oxygens (including phenoxy) is 2. The van der Waals surface area contributed by atoms with Gasteiger partial charge in [-0.25, -0.2) is 0 Å². The van der Waals surface area contributed by atoms with Crippen molar-refractivity contribution >= 4 is 23.0 Å². The van der Waals surface area contributed by atoms with E-state index in [2.05, 4.69) is 36.6 Å². The Morgan fingerprint density at radius 1 is 1.00 bits per heavy atom. The van der Waals surface area contributed by atoms with E-state index in [0.29, 0.717) is 11.0 Å². The van der Waals surface area contributed by atoms with Gasteiger partial charge in [0.25, 0.3) is 0 Å². The average Bonchev–Trinajstić information content (AvgIpc) is 2.61. The molecule has 25 heavy (non-hydrogen) atoms. The number of thiocarbonyl (C=S) groups is 1. The lowest BCUT2D eigenvalue weighted by Gasteiger charge is -2.23. The summed E-state index contributed by atoms with van der Waals surface area (Å²) in [7, 11) is 3.32. The Bertz CT molecular complexity index is 686. The topological polar surface area (TPSA) is 42.5 Å². The number of anilines is 1. The first-order valence-electron chi connectivity index (χ1n) is 8.37. The number of hydrogen-bond acceptors (Lipinski definition) is 3. The van der Waals surface area contributed by atoms with Crippen LogP contribution in [0, 0.1) is 5.92 Å². The number of benzene rings is 2. The fourth-order valence-corrected chi connectivity index (χ4v) is 2.87. The maximum atomic E-state index is 5.51. The van der Waals surface area contributed by atoms with Crippen molar-refractivity contribution in [2.24, 2.45) is 5.92 Å². The molecular formula is C20H26N2O2S. The molecule has 134 valence electrons. The van der Waals surface area contributed by atoms with E-state index in [1.165, 1.54) is 5.56 Å². The average molecular weight is 359 g/mol. The number of methoxy groups -OCH3 is 2. The standard InChI is InChI=1S/C20H26N2O2S/c1-14(2)12-19(15-8-10-17(23-3)11-9-15)22-20(25)21-16-6-5-7-18(13-16)24-4/h5-11,13-14,19H,12H2,1-4H3,(H2,21,22,25). The lowest BCUT2D eigenvalue weighted by Crippen LogP contribution is -2.33. The van der Waals surface area contributed by atoms with Gasteiger partial charge in [-0.15, -0.1) is 0 Å². The van der Waals surface area contributed by atoms with Crippen LogP contribution in [-0.2, 0) is 0 Å². The molecule has 2 aromatic carbocycles. The van der Waals surface area contributed by atoms with Crippen molar-refractivity contribution in [3.63, 3.8) is 0 Å². The molecule has 1 atom stereocenters. The lowest BCUT2D eigenvalue weighted by molar-refractivity contribution is 0.414. The smallest absolute Gasteiger partial charge is 0.171 e. The first-order chi connectivity index (χ1) is 12.0. The minimum Gasteiger partial charge on any atom is -0.497 e. The van der Waals surface area contributed by atoms with Gasteiger partial charge in [0, 0.05) is 11.8 Å². The highest BCUT2D eigenvalue weighted by molar-refractivity contribution is 7.80. The third-order valence-electron chi connectivity index (χ3n) is 3.86. The van der Waals surface area contributed by atoms with Crippen molar-refractivity contribution in [1.82, 2.24) is 5.32 Å². The molecule has 1 unspecified atom stereocenters.